The summed E-state index contributed by atoms with van der Waals surface area (Å²) >= 11 is 8.04. The molecule has 142 valence electrons. The Balaban J connectivity index is 0.00000210. The van der Waals surface area contributed by atoms with Gasteiger partial charge in [-0.2, -0.15) is 0 Å². The third-order valence-electron chi connectivity index (χ3n) is 4.72. The molecule has 4 rings (SSSR count). The molecule has 1 aliphatic rings. The van der Waals surface area contributed by atoms with Crippen LogP contribution < -0.4 is 5.32 Å². The van der Waals surface area contributed by atoms with E-state index in [1.54, 1.807) is 11.3 Å². The highest BCUT2D eigenvalue weighted by Gasteiger charge is 2.28. The Labute approximate surface area is 174 Å². The van der Waals surface area contributed by atoms with Gasteiger partial charge in [-0.05, 0) is 23.8 Å². The Bertz CT molecular complexity index is 897. The molecule has 0 bridgehead atoms. The monoisotopic (exact) mass is 421 g/mol. The SMILES string of the molecule is Cl.O=C(CCc1nc2ccccc2s1)N1CCNCC1c1ccccc1Cl. The molecule has 0 radical (unpaired) electrons. The van der Waals surface area contributed by atoms with Crippen molar-refractivity contribution in [3.8, 4) is 0 Å². The number of carbonyl (C=O) groups excluding carboxylic acids is 1. The summed E-state index contributed by atoms with van der Waals surface area (Å²) in [6, 6.07) is 15.9. The molecule has 2 heterocycles. The first-order chi connectivity index (χ1) is 12.7. The van der Waals surface area contributed by atoms with Crippen molar-refractivity contribution in [3.63, 3.8) is 0 Å². The van der Waals surface area contributed by atoms with E-state index in [-0.39, 0.29) is 24.4 Å². The molecule has 2 aromatic carbocycles. The average Bonchev–Trinajstić information content (AvgIpc) is 3.09. The number of benzene rings is 2. The van der Waals surface area contributed by atoms with E-state index in [9.17, 15) is 4.79 Å². The smallest absolute Gasteiger partial charge is 0.223 e. The van der Waals surface area contributed by atoms with Gasteiger partial charge in [0.25, 0.3) is 0 Å². The van der Waals surface area contributed by atoms with Crippen LogP contribution in [0.4, 0.5) is 0 Å². The van der Waals surface area contributed by atoms with Gasteiger partial charge in [-0.1, -0.05) is 41.9 Å². The maximum Gasteiger partial charge on any atom is 0.223 e. The first-order valence-electron chi connectivity index (χ1n) is 8.81. The standard InChI is InChI=1S/C20H20ClN3OS.ClH/c21-15-6-2-1-5-14(15)17-13-22-11-12-24(17)20(25)10-9-19-23-16-7-3-4-8-18(16)26-19;/h1-8,17,22H,9-13H2;1H. The highest BCUT2D eigenvalue weighted by Crippen LogP contribution is 2.29. The Kier molecular flexibility index (Phi) is 6.71. The summed E-state index contributed by atoms with van der Waals surface area (Å²) in [5.74, 6) is 0.163. The van der Waals surface area contributed by atoms with Crippen LogP contribution >= 0.6 is 35.3 Å². The van der Waals surface area contributed by atoms with E-state index in [4.69, 9.17) is 11.6 Å². The summed E-state index contributed by atoms with van der Waals surface area (Å²) < 4.78 is 1.17. The second-order valence-corrected chi connectivity index (χ2v) is 7.93. The molecule has 0 aliphatic carbocycles. The maximum absolute atomic E-state index is 12.9. The zero-order valence-electron chi connectivity index (χ0n) is 14.7. The lowest BCUT2D eigenvalue weighted by Crippen LogP contribution is -2.48. The molecule has 1 aromatic heterocycles. The van der Waals surface area contributed by atoms with Crippen LogP contribution in [0.2, 0.25) is 5.02 Å². The molecule has 1 atom stereocenters. The lowest BCUT2D eigenvalue weighted by molar-refractivity contribution is -0.134. The third-order valence-corrected chi connectivity index (χ3v) is 6.16. The van der Waals surface area contributed by atoms with Crippen molar-refractivity contribution in [3.05, 3.63) is 64.1 Å². The predicted octanol–water partition coefficient (Wildman–Crippen LogP) is 4.48. The van der Waals surface area contributed by atoms with Gasteiger partial charge in [-0.3, -0.25) is 4.79 Å². The van der Waals surface area contributed by atoms with Crippen LogP contribution in [-0.4, -0.2) is 35.4 Å². The number of aryl methyl sites for hydroxylation is 1. The van der Waals surface area contributed by atoms with Crippen molar-refractivity contribution in [2.75, 3.05) is 19.6 Å². The minimum Gasteiger partial charge on any atom is -0.333 e. The number of nitrogens with zero attached hydrogens (tertiary/aromatic N) is 2. The van der Waals surface area contributed by atoms with Gasteiger partial charge >= 0.3 is 0 Å². The molecular formula is C20H21Cl2N3OS. The number of halogens is 2. The lowest BCUT2D eigenvalue weighted by atomic mass is 10.0. The highest BCUT2D eigenvalue weighted by molar-refractivity contribution is 7.18. The summed E-state index contributed by atoms with van der Waals surface area (Å²) in [7, 11) is 0. The van der Waals surface area contributed by atoms with Crippen LogP contribution in [-0.2, 0) is 11.2 Å². The number of hydrogen-bond donors (Lipinski definition) is 1. The van der Waals surface area contributed by atoms with E-state index in [0.717, 1.165) is 29.2 Å². The van der Waals surface area contributed by atoms with Crippen molar-refractivity contribution in [1.82, 2.24) is 15.2 Å². The van der Waals surface area contributed by atoms with Crippen molar-refractivity contribution < 1.29 is 4.79 Å². The van der Waals surface area contributed by atoms with Gasteiger partial charge in [0.1, 0.15) is 0 Å². The summed E-state index contributed by atoms with van der Waals surface area (Å²) in [6.07, 6.45) is 1.15. The van der Waals surface area contributed by atoms with E-state index in [0.29, 0.717) is 24.4 Å². The highest BCUT2D eigenvalue weighted by atomic mass is 35.5. The molecule has 1 amide bonds. The number of nitrogens with one attached hydrogen (secondary N) is 1. The molecule has 1 saturated heterocycles. The maximum atomic E-state index is 12.9. The Hall–Kier alpha value is -1.66. The average molecular weight is 422 g/mol. The van der Waals surface area contributed by atoms with Crippen molar-refractivity contribution in [2.45, 2.75) is 18.9 Å². The molecule has 27 heavy (non-hydrogen) atoms. The number of piperazine rings is 1. The minimum atomic E-state index is -0.0136. The van der Waals surface area contributed by atoms with Crippen LogP contribution in [0.5, 0.6) is 0 Å². The molecular weight excluding hydrogens is 401 g/mol. The van der Waals surface area contributed by atoms with Crippen LogP contribution in [0.15, 0.2) is 48.5 Å². The van der Waals surface area contributed by atoms with Crippen LogP contribution in [0.3, 0.4) is 0 Å². The molecule has 4 nitrogen and oxygen atoms in total. The quantitative estimate of drug-likeness (QED) is 0.675. The van der Waals surface area contributed by atoms with E-state index in [2.05, 4.69) is 16.4 Å². The van der Waals surface area contributed by atoms with Crippen LogP contribution in [0.1, 0.15) is 23.0 Å². The van der Waals surface area contributed by atoms with Gasteiger partial charge in [-0.15, -0.1) is 23.7 Å². The van der Waals surface area contributed by atoms with E-state index in [1.165, 1.54) is 4.70 Å². The number of hydrogen-bond acceptors (Lipinski definition) is 4. The molecule has 1 fully saturated rings. The third kappa shape index (κ3) is 4.43. The second kappa shape index (κ2) is 9.02. The number of fused-ring (bicyclic) bond motifs is 1. The second-order valence-electron chi connectivity index (χ2n) is 6.40. The minimum absolute atomic E-state index is 0. The lowest BCUT2D eigenvalue weighted by Gasteiger charge is -2.37. The fourth-order valence-electron chi connectivity index (χ4n) is 3.41. The van der Waals surface area contributed by atoms with Crippen molar-refractivity contribution >= 4 is 51.5 Å². The topological polar surface area (TPSA) is 45.2 Å². The van der Waals surface area contributed by atoms with Crippen molar-refractivity contribution in [1.29, 1.82) is 0 Å². The number of rotatable bonds is 4. The van der Waals surface area contributed by atoms with Gasteiger partial charge in [0, 0.05) is 37.5 Å². The van der Waals surface area contributed by atoms with E-state index >= 15 is 0 Å². The Morgan fingerprint density at radius 3 is 2.81 bits per heavy atom. The van der Waals surface area contributed by atoms with Crippen LogP contribution in [0.25, 0.3) is 10.2 Å². The summed E-state index contributed by atoms with van der Waals surface area (Å²) in [4.78, 5) is 19.5. The summed E-state index contributed by atoms with van der Waals surface area (Å²) in [6.45, 7) is 2.25. The first-order valence-corrected chi connectivity index (χ1v) is 10.0. The van der Waals surface area contributed by atoms with Gasteiger partial charge in [0.05, 0.1) is 21.3 Å². The fourth-order valence-corrected chi connectivity index (χ4v) is 4.64. The number of carbonyl (C=O) groups is 1. The molecule has 1 unspecified atom stereocenters. The number of amides is 1. The Morgan fingerprint density at radius 2 is 2.00 bits per heavy atom. The van der Waals surface area contributed by atoms with Gasteiger partial charge in [0.2, 0.25) is 5.91 Å². The zero-order chi connectivity index (χ0) is 17.9. The largest absolute Gasteiger partial charge is 0.333 e. The number of aromatic nitrogens is 1. The molecule has 1 N–H and O–H groups in total. The summed E-state index contributed by atoms with van der Waals surface area (Å²) in [5, 5.41) is 5.10. The predicted molar refractivity (Wildman–Crippen MR) is 114 cm³/mol. The number of para-hydroxylation sites is 1. The molecule has 3 aromatic rings. The normalized spacial score (nSPS) is 16.9. The summed E-state index contributed by atoms with van der Waals surface area (Å²) in [5.41, 5.74) is 2.02. The fraction of sp³-hybridized carbons (Fsp3) is 0.300. The molecule has 1 aliphatic heterocycles. The van der Waals surface area contributed by atoms with E-state index < -0.39 is 0 Å². The van der Waals surface area contributed by atoms with Crippen molar-refractivity contribution in [2.24, 2.45) is 0 Å². The van der Waals surface area contributed by atoms with Gasteiger partial charge in [-0.25, -0.2) is 4.98 Å². The van der Waals surface area contributed by atoms with Gasteiger partial charge < -0.3 is 10.2 Å². The molecule has 0 spiro atoms. The molecule has 7 heteroatoms. The molecule has 0 saturated carbocycles. The Morgan fingerprint density at radius 1 is 1.22 bits per heavy atom. The van der Waals surface area contributed by atoms with Crippen LogP contribution in [0, 0.1) is 0 Å². The first kappa shape index (κ1) is 20.1. The zero-order valence-corrected chi connectivity index (χ0v) is 17.1. The van der Waals surface area contributed by atoms with E-state index in [1.807, 2.05) is 47.4 Å². The number of thiazole rings is 1. The van der Waals surface area contributed by atoms with Gasteiger partial charge in [0.15, 0.2) is 0 Å².